The molecule has 1 amide bonds. The molecule has 166 valence electrons. The fourth-order valence-corrected chi connectivity index (χ4v) is 5.13. The first-order valence-corrected chi connectivity index (χ1v) is 12.0. The van der Waals surface area contributed by atoms with Crippen molar-refractivity contribution in [3.05, 3.63) is 86.4 Å². The van der Waals surface area contributed by atoms with Crippen molar-refractivity contribution in [2.45, 2.75) is 4.34 Å². The number of carbonyl (C=O) groups excluding carboxylic acids is 1. The molecular weight excluding hydrogens is 503 g/mol. The van der Waals surface area contributed by atoms with Gasteiger partial charge in [0.1, 0.15) is 0 Å². The number of nitro benzene ring substituents is 1. The van der Waals surface area contributed by atoms with Crippen molar-refractivity contribution >= 4 is 85.7 Å². The number of fused-ring (bicyclic) bond motifs is 1. The molecule has 4 rings (SSSR count). The van der Waals surface area contributed by atoms with Crippen molar-refractivity contribution < 1.29 is 9.72 Å². The van der Waals surface area contributed by atoms with Gasteiger partial charge in [0.15, 0.2) is 4.34 Å². The number of carbonyl (C=O) groups is 1. The lowest BCUT2D eigenvalue weighted by atomic mass is 10.2. The van der Waals surface area contributed by atoms with Crippen molar-refractivity contribution in [2.75, 3.05) is 11.1 Å². The van der Waals surface area contributed by atoms with Gasteiger partial charge in [0.05, 0.1) is 31.6 Å². The van der Waals surface area contributed by atoms with Gasteiger partial charge in [-0.1, -0.05) is 41.0 Å². The molecule has 0 aliphatic heterocycles. The standard InChI is InChI=1S/C22H14Cl2N4O3S2/c23-14-2-1-13(18(24)9-14)11-25-16-5-8-19-20(10-16)33-22(27-19)32-12-21(29)26-15-3-6-17(7-4-15)28(30)31/h1-11H,12H2,(H,26,29). The molecule has 0 fully saturated rings. The van der Waals surface area contributed by atoms with Crippen LogP contribution >= 0.6 is 46.3 Å². The van der Waals surface area contributed by atoms with Crippen molar-refractivity contribution in [1.29, 1.82) is 0 Å². The zero-order valence-electron chi connectivity index (χ0n) is 16.7. The Morgan fingerprint density at radius 2 is 1.94 bits per heavy atom. The van der Waals surface area contributed by atoms with Crippen LogP contribution in [0.15, 0.2) is 70.0 Å². The number of hydrogen-bond acceptors (Lipinski definition) is 7. The van der Waals surface area contributed by atoms with Crippen LogP contribution in [0.5, 0.6) is 0 Å². The highest BCUT2D eigenvalue weighted by molar-refractivity contribution is 8.01. The van der Waals surface area contributed by atoms with Gasteiger partial charge in [-0.25, -0.2) is 4.98 Å². The summed E-state index contributed by atoms with van der Waals surface area (Å²) in [6, 6.07) is 16.6. The zero-order valence-corrected chi connectivity index (χ0v) is 19.8. The summed E-state index contributed by atoms with van der Waals surface area (Å²) in [4.78, 5) is 31.5. The van der Waals surface area contributed by atoms with Crippen molar-refractivity contribution in [2.24, 2.45) is 4.99 Å². The summed E-state index contributed by atoms with van der Waals surface area (Å²) >= 11 is 14.9. The fraction of sp³-hybridized carbons (Fsp3) is 0.0455. The lowest BCUT2D eigenvalue weighted by molar-refractivity contribution is -0.384. The topological polar surface area (TPSA) is 97.5 Å². The van der Waals surface area contributed by atoms with E-state index in [9.17, 15) is 14.9 Å². The molecule has 0 spiro atoms. The molecule has 0 saturated heterocycles. The Balaban J connectivity index is 1.38. The molecule has 0 bridgehead atoms. The molecular formula is C22H14Cl2N4O3S2. The predicted molar refractivity (Wildman–Crippen MR) is 136 cm³/mol. The molecule has 0 saturated carbocycles. The normalized spacial score (nSPS) is 11.2. The summed E-state index contributed by atoms with van der Waals surface area (Å²) < 4.78 is 1.70. The predicted octanol–water partition coefficient (Wildman–Crippen LogP) is 6.99. The molecule has 0 aliphatic carbocycles. The number of aromatic nitrogens is 1. The highest BCUT2D eigenvalue weighted by Gasteiger charge is 2.10. The van der Waals surface area contributed by atoms with E-state index in [0.717, 1.165) is 25.8 Å². The lowest BCUT2D eigenvalue weighted by Gasteiger charge is -2.03. The van der Waals surface area contributed by atoms with E-state index in [0.29, 0.717) is 15.7 Å². The highest BCUT2D eigenvalue weighted by Crippen LogP contribution is 2.32. The summed E-state index contributed by atoms with van der Waals surface area (Å²) in [6.07, 6.45) is 1.68. The minimum absolute atomic E-state index is 0.0307. The number of aliphatic imine (C=N–C) groups is 1. The lowest BCUT2D eigenvalue weighted by Crippen LogP contribution is -2.13. The van der Waals surface area contributed by atoms with Gasteiger partial charge in [-0.05, 0) is 42.5 Å². The Kier molecular flexibility index (Phi) is 7.24. The van der Waals surface area contributed by atoms with Crippen LogP contribution < -0.4 is 5.32 Å². The molecule has 1 N–H and O–H groups in total. The average Bonchev–Trinajstić information content (AvgIpc) is 3.20. The van der Waals surface area contributed by atoms with Crippen LogP contribution in [0.2, 0.25) is 10.0 Å². The number of non-ortho nitro benzene ring substituents is 1. The monoisotopic (exact) mass is 516 g/mol. The summed E-state index contributed by atoms with van der Waals surface area (Å²) in [7, 11) is 0. The zero-order chi connectivity index (χ0) is 23.4. The Hall–Kier alpha value is -2.98. The Bertz CT molecular complexity index is 1370. The second kappa shape index (κ2) is 10.3. The van der Waals surface area contributed by atoms with E-state index < -0.39 is 4.92 Å². The Morgan fingerprint density at radius 3 is 2.67 bits per heavy atom. The number of nitrogens with one attached hydrogen (secondary N) is 1. The maximum Gasteiger partial charge on any atom is 0.269 e. The minimum Gasteiger partial charge on any atom is -0.325 e. The Morgan fingerprint density at radius 1 is 1.15 bits per heavy atom. The smallest absolute Gasteiger partial charge is 0.269 e. The summed E-state index contributed by atoms with van der Waals surface area (Å²) in [5.41, 5.74) is 2.81. The third-order valence-electron chi connectivity index (χ3n) is 4.36. The van der Waals surface area contributed by atoms with Crippen molar-refractivity contribution in [1.82, 2.24) is 4.98 Å². The van der Waals surface area contributed by atoms with E-state index in [2.05, 4.69) is 15.3 Å². The van der Waals surface area contributed by atoms with E-state index >= 15 is 0 Å². The van der Waals surface area contributed by atoms with Crippen LogP contribution in [0.25, 0.3) is 10.2 Å². The molecule has 11 heteroatoms. The van der Waals surface area contributed by atoms with Crippen LogP contribution in [0.1, 0.15) is 5.56 Å². The van der Waals surface area contributed by atoms with Gasteiger partial charge in [0.2, 0.25) is 5.91 Å². The van der Waals surface area contributed by atoms with Gasteiger partial charge in [-0.2, -0.15) is 0 Å². The van der Waals surface area contributed by atoms with Gasteiger partial charge in [-0.15, -0.1) is 11.3 Å². The maximum atomic E-state index is 12.2. The third-order valence-corrected chi connectivity index (χ3v) is 7.08. The summed E-state index contributed by atoms with van der Waals surface area (Å²) in [6.45, 7) is 0. The molecule has 0 radical (unpaired) electrons. The molecule has 1 aromatic heterocycles. The maximum absolute atomic E-state index is 12.2. The number of hydrogen-bond donors (Lipinski definition) is 1. The molecule has 3 aromatic carbocycles. The first-order chi connectivity index (χ1) is 15.9. The number of anilines is 1. The van der Waals surface area contributed by atoms with Crippen LogP contribution in [0, 0.1) is 10.1 Å². The number of rotatable bonds is 7. The second-order valence-corrected chi connectivity index (χ2v) is 9.79. The highest BCUT2D eigenvalue weighted by atomic mass is 35.5. The SMILES string of the molecule is O=C(CSc1nc2ccc(N=Cc3ccc(Cl)cc3Cl)cc2s1)Nc1ccc([N+](=O)[O-])cc1. The van der Waals surface area contributed by atoms with Crippen LogP contribution in [0.3, 0.4) is 0 Å². The van der Waals surface area contributed by atoms with E-state index in [1.54, 1.807) is 24.4 Å². The first-order valence-electron chi connectivity index (χ1n) is 9.44. The third kappa shape index (κ3) is 6.08. The largest absolute Gasteiger partial charge is 0.325 e. The molecule has 33 heavy (non-hydrogen) atoms. The molecule has 0 atom stereocenters. The number of nitrogens with zero attached hydrogens (tertiary/aromatic N) is 3. The number of nitro groups is 1. The number of thiazole rings is 1. The van der Waals surface area contributed by atoms with Crippen molar-refractivity contribution in [3.8, 4) is 0 Å². The number of halogens is 2. The number of amides is 1. The van der Waals surface area contributed by atoms with E-state index in [-0.39, 0.29) is 17.3 Å². The first kappa shape index (κ1) is 23.2. The van der Waals surface area contributed by atoms with E-state index in [4.69, 9.17) is 23.2 Å². The average molecular weight is 517 g/mol. The minimum atomic E-state index is -0.488. The van der Waals surface area contributed by atoms with E-state index in [1.807, 2.05) is 18.2 Å². The van der Waals surface area contributed by atoms with Gasteiger partial charge < -0.3 is 5.32 Å². The molecule has 1 heterocycles. The second-order valence-electron chi connectivity index (χ2n) is 6.70. The molecule has 0 unspecified atom stereocenters. The van der Waals surface area contributed by atoms with Gasteiger partial charge in [-0.3, -0.25) is 19.9 Å². The number of benzene rings is 3. The molecule has 7 nitrogen and oxygen atoms in total. The van der Waals surface area contributed by atoms with Gasteiger partial charge >= 0.3 is 0 Å². The molecule has 0 aliphatic rings. The van der Waals surface area contributed by atoms with Gasteiger partial charge in [0.25, 0.3) is 5.69 Å². The van der Waals surface area contributed by atoms with Crippen LogP contribution in [-0.2, 0) is 4.79 Å². The van der Waals surface area contributed by atoms with Crippen LogP contribution in [0.4, 0.5) is 17.1 Å². The summed E-state index contributed by atoms with van der Waals surface area (Å²) in [5, 5.41) is 14.5. The van der Waals surface area contributed by atoms with Gasteiger partial charge in [0, 0.05) is 34.6 Å². The quantitative estimate of drug-likeness (QED) is 0.123. The number of thioether (sulfide) groups is 1. The Labute approximate surface area is 206 Å². The molecule has 4 aromatic rings. The summed E-state index contributed by atoms with van der Waals surface area (Å²) in [5.74, 6) is -0.0603. The van der Waals surface area contributed by atoms with E-state index in [1.165, 1.54) is 47.4 Å². The fourth-order valence-electron chi connectivity index (χ4n) is 2.78. The van der Waals surface area contributed by atoms with Crippen LogP contribution in [-0.4, -0.2) is 27.8 Å². The van der Waals surface area contributed by atoms with Crippen molar-refractivity contribution in [3.63, 3.8) is 0 Å².